The molecule has 3 rings (SSSR count). The van der Waals surface area contributed by atoms with Crippen LogP contribution in [-0.4, -0.2) is 51.5 Å². The van der Waals surface area contributed by atoms with Crippen LogP contribution in [-0.2, 0) is 17.8 Å². The van der Waals surface area contributed by atoms with Crippen LogP contribution in [0.25, 0.3) is 11.3 Å². The first-order chi connectivity index (χ1) is 12.2. The Morgan fingerprint density at radius 2 is 2.12 bits per heavy atom. The molecule has 8 heteroatoms. The lowest BCUT2D eigenvalue weighted by Gasteiger charge is -2.16. The Morgan fingerprint density at radius 1 is 1.32 bits per heavy atom. The summed E-state index contributed by atoms with van der Waals surface area (Å²) in [7, 11) is 3.34. The van der Waals surface area contributed by atoms with Gasteiger partial charge < -0.3 is 18.7 Å². The lowest BCUT2D eigenvalue weighted by atomic mass is 10.1. The topological polar surface area (TPSA) is 86.3 Å². The van der Waals surface area contributed by atoms with Crippen molar-refractivity contribution in [2.45, 2.75) is 13.1 Å². The van der Waals surface area contributed by atoms with Gasteiger partial charge in [-0.15, -0.1) is 10.2 Å². The number of nitrogens with zero attached hydrogens (tertiary/aromatic N) is 5. The van der Waals surface area contributed by atoms with Crippen molar-refractivity contribution in [3.63, 3.8) is 0 Å². The molecule has 0 spiro atoms. The molecule has 0 fully saturated rings. The Bertz CT molecular complexity index is 828. The number of benzene rings is 1. The maximum absolute atomic E-state index is 12.8. The third kappa shape index (κ3) is 3.74. The van der Waals surface area contributed by atoms with E-state index in [1.54, 1.807) is 25.4 Å². The van der Waals surface area contributed by atoms with Gasteiger partial charge >= 0.3 is 0 Å². The van der Waals surface area contributed by atoms with E-state index < -0.39 is 0 Å². The number of hydrogen-bond acceptors (Lipinski definition) is 6. The standard InChI is InChI=1S/C17H19N5O3/c1-21(11-15-20-18-12-22(15)8-9-24-2)17(23)14-10-19-25-16(14)13-6-4-3-5-7-13/h3-7,10,12H,8-9,11H2,1-2H3. The quantitative estimate of drug-likeness (QED) is 0.652. The highest BCUT2D eigenvalue weighted by Gasteiger charge is 2.22. The minimum atomic E-state index is -0.193. The van der Waals surface area contributed by atoms with Crippen molar-refractivity contribution in [3.05, 3.63) is 54.2 Å². The molecule has 0 radical (unpaired) electrons. The molecule has 0 bridgehead atoms. The SMILES string of the molecule is COCCn1cnnc1CN(C)C(=O)c1cnoc1-c1ccccc1. The predicted octanol–water partition coefficient (Wildman–Crippen LogP) is 1.85. The molecule has 0 unspecified atom stereocenters. The number of methoxy groups -OCH3 is 1. The molecule has 0 aliphatic heterocycles. The summed E-state index contributed by atoms with van der Waals surface area (Å²) in [6, 6.07) is 9.42. The fraction of sp³-hybridized carbons (Fsp3) is 0.294. The van der Waals surface area contributed by atoms with E-state index in [0.29, 0.717) is 36.8 Å². The van der Waals surface area contributed by atoms with E-state index in [-0.39, 0.29) is 5.91 Å². The first-order valence-corrected chi connectivity index (χ1v) is 7.82. The second-order valence-corrected chi connectivity index (χ2v) is 5.53. The van der Waals surface area contributed by atoms with Gasteiger partial charge in [0, 0.05) is 26.3 Å². The van der Waals surface area contributed by atoms with Crippen LogP contribution in [0.2, 0.25) is 0 Å². The van der Waals surface area contributed by atoms with Crippen molar-refractivity contribution in [1.29, 1.82) is 0 Å². The van der Waals surface area contributed by atoms with Gasteiger partial charge in [-0.1, -0.05) is 35.5 Å². The molecule has 2 heterocycles. The average molecular weight is 341 g/mol. The number of aromatic nitrogens is 4. The summed E-state index contributed by atoms with van der Waals surface area (Å²) in [6.07, 6.45) is 3.07. The van der Waals surface area contributed by atoms with Crippen molar-refractivity contribution in [1.82, 2.24) is 24.8 Å². The summed E-state index contributed by atoms with van der Waals surface area (Å²) < 4.78 is 12.2. The summed E-state index contributed by atoms with van der Waals surface area (Å²) in [5, 5.41) is 11.8. The van der Waals surface area contributed by atoms with Crippen molar-refractivity contribution in [2.24, 2.45) is 0 Å². The summed E-state index contributed by atoms with van der Waals surface area (Å²) in [6.45, 7) is 1.50. The van der Waals surface area contributed by atoms with Gasteiger partial charge in [0.15, 0.2) is 11.6 Å². The highest BCUT2D eigenvalue weighted by atomic mass is 16.5. The number of hydrogen-bond donors (Lipinski definition) is 0. The second kappa shape index (κ2) is 7.71. The Hall–Kier alpha value is -3.00. The molecule has 0 atom stereocenters. The Labute approximate surface area is 145 Å². The zero-order valence-electron chi connectivity index (χ0n) is 14.1. The van der Waals surface area contributed by atoms with E-state index in [1.165, 1.54) is 6.20 Å². The van der Waals surface area contributed by atoms with Crippen molar-refractivity contribution < 1.29 is 14.1 Å². The van der Waals surface area contributed by atoms with Gasteiger partial charge in [-0.25, -0.2) is 0 Å². The lowest BCUT2D eigenvalue weighted by molar-refractivity contribution is 0.0779. The molecular weight excluding hydrogens is 322 g/mol. The van der Waals surface area contributed by atoms with Crippen LogP contribution in [0.3, 0.4) is 0 Å². The molecule has 0 aliphatic carbocycles. The minimum absolute atomic E-state index is 0.193. The lowest BCUT2D eigenvalue weighted by Crippen LogP contribution is -2.28. The molecular formula is C17H19N5O3. The molecule has 130 valence electrons. The van der Waals surface area contributed by atoms with Gasteiger partial charge in [-0.2, -0.15) is 0 Å². The molecule has 2 aromatic heterocycles. The third-order valence-electron chi connectivity index (χ3n) is 3.79. The van der Waals surface area contributed by atoms with Crippen molar-refractivity contribution in [3.8, 4) is 11.3 Å². The van der Waals surface area contributed by atoms with Gasteiger partial charge in [0.05, 0.1) is 19.3 Å². The van der Waals surface area contributed by atoms with Crippen LogP contribution >= 0.6 is 0 Å². The van der Waals surface area contributed by atoms with Crippen molar-refractivity contribution >= 4 is 5.91 Å². The van der Waals surface area contributed by atoms with E-state index in [4.69, 9.17) is 9.26 Å². The number of carbonyl (C=O) groups excluding carboxylic acids is 1. The smallest absolute Gasteiger partial charge is 0.259 e. The summed E-state index contributed by atoms with van der Waals surface area (Å²) in [5.74, 6) is 0.949. The molecule has 1 amide bonds. The Morgan fingerprint density at radius 3 is 2.88 bits per heavy atom. The van der Waals surface area contributed by atoms with Gasteiger partial charge in [0.1, 0.15) is 11.9 Å². The zero-order chi connectivity index (χ0) is 17.6. The van der Waals surface area contributed by atoms with E-state index >= 15 is 0 Å². The van der Waals surface area contributed by atoms with E-state index in [1.807, 2.05) is 34.9 Å². The summed E-state index contributed by atoms with van der Waals surface area (Å²) >= 11 is 0. The Balaban J connectivity index is 1.76. The summed E-state index contributed by atoms with van der Waals surface area (Å²) in [4.78, 5) is 14.4. The average Bonchev–Trinajstić information content (AvgIpc) is 3.29. The number of amides is 1. The molecule has 0 saturated carbocycles. The highest BCUT2D eigenvalue weighted by molar-refractivity contribution is 5.99. The highest BCUT2D eigenvalue weighted by Crippen LogP contribution is 2.24. The Kier molecular flexibility index (Phi) is 5.20. The fourth-order valence-corrected chi connectivity index (χ4v) is 2.46. The van der Waals surface area contributed by atoms with Gasteiger partial charge in [0.2, 0.25) is 0 Å². The fourth-order valence-electron chi connectivity index (χ4n) is 2.46. The van der Waals surface area contributed by atoms with Gasteiger partial charge in [-0.05, 0) is 0 Å². The van der Waals surface area contributed by atoms with Gasteiger partial charge in [0.25, 0.3) is 5.91 Å². The van der Waals surface area contributed by atoms with E-state index in [9.17, 15) is 4.79 Å². The minimum Gasteiger partial charge on any atom is -0.383 e. The summed E-state index contributed by atoms with van der Waals surface area (Å²) in [5.41, 5.74) is 1.22. The zero-order valence-corrected chi connectivity index (χ0v) is 14.1. The van der Waals surface area contributed by atoms with Crippen molar-refractivity contribution in [2.75, 3.05) is 20.8 Å². The first-order valence-electron chi connectivity index (χ1n) is 7.82. The van der Waals surface area contributed by atoms with Crippen LogP contribution in [0, 0.1) is 0 Å². The van der Waals surface area contributed by atoms with Crippen LogP contribution in [0.15, 0.2) is 47.4 Å². The number of carbonyl (C=O) groups is 1. The molecule has 0 saturated heterocycles. The third-order valence-corrected chi connectivity index (χ3v) is 3.79. The molecule has 1 aromatic carbocycles. The number of ether oxygens (including phenoxy) is 1. The maximum Gasteiger partial charge on any atom is 0.259 e. The molecule has 0 aliphatic rings. The second-order valence-electron chi connectivity index (χ2n) is 5.53. The monoisotopic (exact) mass is 341 g/mol. The van der Waals surface area contributed by atoms with Gasteiger partial charge in [-0.3, -0.25) is 4.79 Å². The molecule has 0 N–H and O–H groups in total. The van der Waals surface area contributed by atoms with E-state index in [0.717, 1.165) is 5.56 Å². The van der Waals surface area contributed by atoms with Crippen LogP contribution < -0.4 is 0 Å². The van der Waals surface area contributed by atoms with Crippen LogP contribution in [0.1, 0.15) is 16.2 Å². The predicted molar refractivity (Wildman–Crippen MR) is 89.6 cm³/mol. The normalized spacial score (nSPS) is 10.8. The van der Waals surface area contributed by atoms with Crippen LogP contribution in [0.4, 0.5) is 0 Å². The van der Waals surface area contributed by atoms with E-state index in [2.05, 4.69) is 15.4 Å². The maximum atomic E-state index is 12.8. The number of rotatable bonds is 7. The van der Waals surface area contributed by atoms with Crippen LogP contribution in [0.5, 0.6) is 0 Å². The molecule has 3 aromatic rings. The largest absolute Gasteiger partial charge is 0.383 e. The molecule has 8 nitrogen and oxygen atoms in total. The molecule has 25 heavy (non-hydrogen) atoms. The first kappa shape index (κ1) is 16.8.